The van der Waals surface area contributed by atoms with Gasteiger partial charge in [0.1, 0.15) is 0 Å². The zero-order valence-electron chi connectivity index (χ0n) is 17.8. The summed E-state index contributed by atoms with van der Waals surface area (Å²) in [5, 5.41) is 5.08. The van der Waals surface area contributed by atoms with Crippen LogP contribution in [0.25, 0.3) is 0 Å². The third-order valence-corrected chi connectivity index (χ3v) is 6.45. The van der Waals surface area contributed by atoms with Gasteiger partial charge in [-0.1, -0.05) is 29.8 Å². The Morgan fingerprint density at radius 1 is 1.17 bits per heavy atom. The molecule has 1 aromatic carbocycles. The normalized spacial score (nSPS) is 23.6. The number of likely N-dealkylation sites (tertiary alicyclic amines) is 1. The Labute approximate surface area is 183 Å². The van der Waals surface area contributed by atoms with Gasteiger partial charge in [0.05, 0.1) is 30.5 Å². The fourth-order valence-corrected chi connectivity index (χ4v) is 4.86. The van der Waals surface area contributed by atoms with Gasteiger partial charge in [-0.05, 0) is 44.2 Å². The molecular formula is C23H31ClN4O2. The minimum Gasteiger partial charge on any atom is -0.373 e. The molecule has 2 aliphatic heterocycles. The second-order valence-electron chi connectivity index (χ2n) is 8.73. The van der Waals surface area contributed by atoms with E-state index in [0.29, 0.717) is 35.3 Å². The number of halogens is 1. The van der Waals surface area contributed by atoms with E-state index in [0.717, 1.165) is 51.1 Å². The van der Waals surface area contributed by atoms with Crippen LogP contribution < -0.4 is 0 Å². The number of carbonyl (C=O) groups is 1. The average Bonchev–Trinajstić information content (AvgIpc) is 3.18. The summed E-state index contributed by atoms with van der Waals surface area (Å²) in [6.07, 6.45) is 6.21. The number of hydrogen-bond acceptors (Lipinski definition) is 4. The van der Waals surface area contributed by atoms with Gasteiger partial charge in [-0.25, -0.2) is 0 Å². The Morgan fingerprint density at radius 2 is 1.87 bits per heavy atom. The Balaban J connectivity index is 1.28. The molecule has 0 N–H and O–H groups in total. The van der Waals surface area contributed by atoms with Crippen molar-refractivity contribution in [2.75, 3.05) is 32.7 Å². The van der Waals surface area contributed by atoms with Gasteiger partial charge in [-0.15, -0.1) is 0 Å². The van der Waals surface area contributed by atoms with E-state index >= 15 is 0 Å². The topological polar surface area (TPSA) is 50.6 Å². The third kappa shape index (κ3) is 5.23. The largest absolute Gasteiger partial charge is 0.373 e. The molecule has 0 bridgehead atoms. The number of ether oxygens (including phenoxy) is 1. The van der Waals surface area contributed by atoms with Crippen molar-refractivity contribution in [1.82, 2.24) is 19.6 Å². The highest BCUT2D eigenvalue weighted by molar-refractivity contribution is 6.31. The summed E-state index contributed by atoms with van der Waals surface area (Å²) in [6.45, 7) is 9.61. The van der Waals surface area contributed by atoms with Gasteiger partial charge in [0.15, 0.2) is 0 Å². The first-order valence-electron chi connectivity index (χ1n) is 10.9. The summed E-state index contributed by atoms with van der Waals surface area (Å²) < 4.78 is 7.62. The molecule has 30 heavy (non-hydrogen) atoms. The minimum atomic E-state index is 0.0764. The van der Waals surface area contributed by atoms with Crippen molar-refractivity contribution >= 4 is 17.5 Å². The number of aromatic nitrogens is 2. The smallest absolute Gasteiger partial charge is 0.257 e. The Kier molecular flexibility index (Phi) is 6.76. The van der Waals surface area contributed by atoms with Crippen LogP contribution in [0.2, 0.25) is 5.02 Å². The molecule has 7 heteroatoms. The second-order valence-corrected chi connectivity index (χ2v) is 9.14. The maximum atomic E-state index is 12.9. The first kappa shape index (κ1) is 21.3. The SMILES string of the molecule is CC1CN(CC2CCN(C(=O)c3cnn(Cc4ccccc4Cl)c3)CC2)CC(C)O1. The molecular weight excluding hydrogens is 400 g/mol. The average molecular weight is 431 g/mol. The number of rotatable bonds is 5. The Morgan fingerprint density at radius 3 is 2.57 bits per heavy atom. The molecule has 162 valence electrons. The summed E-state index contributed by atoms with van der Waals surface area (Å²) >= 11 is 6.24. The molecule has 2 aromatic rings. The van der Waals surface area contributed by atoms with E-state index < -0.39 is 0 Å². The highest BCUT2D eigenvalue weighted by Gasteiger charge is 2.28. The van der Waals surface area contributed by atoms with Crippen LogP contribution >= 0.6 is 11.6 Å². The van der Waals surface area contributed by atoms with Gasteiger partial charge in [0.2, 0.25) is 0 Å². The molecule has 4 rings (SSSR count). The standard InChI is InChI=1S/C23H31ClN4O2/c1-17-12-26(13-18(2)30-17)14-19-7-9-27(10-8-19)23(29)21-11-25-28(16-21)15-20-5-3-4-6-22(20)24/h3-6,11,16-19H,7-10,12-15H2,1-2H3. The van der Waals surface area contributed by atoms with Crippen LogP contribution in [0.1, 0.15) is 42.6 Å². The summed E-state index contributed by atoms with van der Waals surface area (Å²) in [5.41, 5.74) is 1.64. The van der Waals surface area contributed by atoms with Crippen molar-refractivity contribution in [2.45, 2.75) is 45.4 Å². The second kappa shape index (κ2) is 9.50. The molecule has 6 nitrogen and oxygen atoms in total. The van der Waals surface area contributed by atoms with E-state index in [4.69, 9.17) is 16.3 Å². The number of nitrogens with zero attached hydrogens (tertiary/aromatic N) is 4. The van der Waals surface area contributed by atoms with Crippen molar-refractivity contribution in [3.05, 3.63) is 52.8 Å². The lowest BCUT2D eigenvalue weighted by atomic mass is 9.95. The molecule has 1 aromatic heterocycles. The number of amides is 1. The van der Waals surface area contributed by atoms with Gasteiger partial charge in [-0.2, -0.15) is 5.10 Å². The molecule has 0 spiro atoms. The first-order chi connectivity index (χ1) is 14.5. The molecule has 1 amide bonds. The molecule has 2 fully saturated rings. The number of benzene rings is 1. The van der Waals surface area contributed by atoms with Crippen LogP contribution in [0.3, 0.4) is 0 Å². The lowest BCUT2D eigenvalue weighted by Crippen LogP contribution is -2.48. The highest BCUT2D eigenvalue weighted by atomic mass is 35.5. The lowest BCUT2D eigenvalue weighted by Gasteiger charge is -2.39. The third-order valence-electron chi connectivity index (χ3n) is 6.08. The van der Waals surface area contributed by atoms with Gasteiger partial charge in [0.25, 0.3) is 5.91 Å². The molecule has 0 aliphatic carbocycles. The number of hydrogen-bond donors (Lipinski definition) is 0. The molecule has 2 saturated heterocycles. The fraction of sp³-hybridized carbons (Fsp3) is 0.565. The Hall–Kier alpha value is -1.89. The van der Waals surface area contributed by atoms with Gasteiger partial charge >= 0.3 is 0 Å². The minimum absolute atomic E-state index is 0.0764. The van der Waals surface area contributed by atoms with E-state index in [1.807, 2.05) is 35.4 Å². The van der Waals surface area contributed by atoms with E-state index in [2.05, 4.69) is 23.8 Å². The number of morpholine rings is 1. The fourth-order valence-electron chi connectivity index (χ4n) is 4.66. The van der Waals surface area contributed by atoms with Crippen LogP contribution in [0, 0.1) is 5.92 Å². The van der Waals surface area contributed by atoms with E-state index in [1.165, 1.54) is 0 Å². The summed E-state index contributed by atoms with van der Waals surface area (Å²) in [6, 6.07) is 7.72. The zero-order valence-corrected chi connectivity index (χ0v) is 18.6. The maximum Gasteiger partial charge on any atom is 0.257 e. The van der Waals surface area contributed by atoms with E-state index in [1.54, 1.807) is 10.9 Å². The van der Waals surface area contributed by atoms with E-state index in [9.17, 15) is 4.79 Å². The molecule has 0 saturated carbocycles. The molecule has 0 radical (unpaired) electrons. The van der Waals surface area contributed by atoms with Gasteiger partial charge < -0.3 is 9.64 Å². The van der Waals surface area contributed by atoms with Gasteiger partial charge in [-0.3, -0.25) is 14.4 Å². The van der Waals surface area contributed by atoms with Crippen LogP contribution in [0.5, 0.6) is 0 Å². The number of carbonyl (C=O) groups excluding carboxylic acids is 1. The first-order valence-corrected chi connectivity index (χ1v) is 11.3. The molecule has 2 aliphatic rings. The molecule has 3 heterocycles. The van der Waals surface area contributed by atoms with Crippen molar-refractivity contribution in [2.24, 2.45) is 5.92 Å². The van der Waals surface area contributed by atoms with Crippen molar-refractivity contribution < 1.29 is 9.53 Å². The van der Waals surface area contributed by atoms with E-state index in [-0.39, 0.29) is 5.91 Å². The van der Waals surface area contributed by atoms with Crippen molar-refractivity contribution in [3.8, 4) is 0 Å². The van der Waals surface area contributed by atoms with Crippen LogP contribution in [-0.4, -0.2) is 70.4 Å². The van der Waals surface area contributed by atoms with Crippen LogP contribution in [0.15, 0.2) is 36.7 Å². The van der Waals surface area contributed by atoms with Gasteiger partial charge in [0, 0.05) is 43.9 Å². The monoisotopic (exact) mass is 430 g/mol. The predicted octanol–water partition coefficient (Wildman–Crippen LogP) is 3.55. The zero-order chi connectivity index (χ0) is 21.1. The predicted molar refractivity (Wildman–Crippen MR) is 118 cm³/mol. The van der Waals surface area contributed by atoms with Crippen LogP contribution in [0.4, 0.5) is 0 Å². The number of piperidine rings is 1. The maximum absolute atomic E-state index is 12.9. The molecule has 2 unspecified atom stereocenters. The lowest BCUT2D eigenvalue weighted by molar-refractivity contribution is -0.0728. The highest BCUT2D eigenvalue weighted by Crippen LogP contribution is 2.22. The summed E-state index contributed by atoms with van der Waals surface area (Å²) in [4.78, 5) is 17.4. The quantitative estimate of drug-likeness (QED) is 0.727. The summed E-state index contributed by atoms with van der Waals surface area (Å²) in [7, 11) is 0. The Bertz CT molecular complexity index is 852. The summed E-state index contributed by atoms with van der Waals surface area (Å²) in [5.74, 6) is 0.724. The molecule has 2 atom stereocenters. The van der Waals surface area contributed by atoms with Crippen molar-refractivity contribution in [1.29, 1.82) is 0 Å². The van der Waals surface area contributed by atoms with Crippen molar-refractivity contribution in [3.63, 3.8) is 0 Å². The van der Waals surface area contributed by atoms with Crippen LogP contribution in [-0.2, 0) is 11.3 Å².